The monoisotopic (exact) mass is 671 g/mol. The van der Waals surface area contributed by atoms with Crippen LogP contribution in [0.15, 0.2) is 60.7 Å². The number of carbonyl (C=O) groups excluding carboxylic acids is 2. The number of hydrogen-bond acceptors (Lipinski definition) is 4. The molecule has 0 aromatic heterocycles. The van der Waals surface area contributed by atoms with Gasteiger partial charge in [0.05, 0.1) is 64.3 Å². The molecular formula is C42H74N2O4. The molecule has 0 unspecified atom stereocenters. The summed E-state index contributed by atoms with van der Waals surface area (Å²) in [4.78, 5) is 20.2. The van der Waals surface area contributed by atoms with Crippen molar-refractivity contribution in [2.75, 3.05) is 52.4 Å². The predicted octanol–water partition coefficient (Wildman–Crippen LogP) is 8.55. The van der Waals surface area contributed by atoms with Gasteiger partial charge in [0.2, 0.25) is 0 Å². The van der Waals surface area contributed by atoms with E-state index in [1.807, 2.05) is 0 Å². The number of hydrogen-bond donors (Lipinski definition) is 0. The highest BCUT2D eigenvalue weighted by Crippen LogP contribution is 2.16. The molecule has 0 aliphatic rings. The second kappa shape index (κ2) is 31.6. The molecule has 0 heterocycles. The van der Waals surface area contributed by atoms with Crippen LogP contribution >= 0.6 is 0 Å². The highest BCUT2D eigenvalue weighted by molar-refractivity contribution is 5.85. The van der Waals surface area contributed by atoms with Crippen molar-refractivity contribution in [2.24, 2.45) is 0 Å². The average Bonchev–Trinajstić information content (AvgIpc) is 3.10. The lowest BCUT2D eigenvalue weighted by Crippen LogP contribution is -2.50. The van der Waals surface area contributed by atoms with Crippen molar-refractivity contribution in [1.29, 1.82) is 0 Å². The maximum absolute atomic E-state index is 10.1. The minimum Gasteiger partial charge on any atom is -0.545 e. The van der Waals surface area contributed by atoms with Crippen molar-refractivity contribution < 1.29 is 28.8 Å². The van der Waals surface area contributed by atoms with Crippen molar-refractivity contribution in [1.82, 2.24) is 0 Å². The lowest BCUT2D eigenvalue weighted by atomic mass is 10.1. The Morgan fingerprint density at radius 3 is 0.792 bits per heavy atom. The van der Waals surface area contributed by atoms with E-state index < -0.39 is 11.9 Å². The SMILES string of the molecule is CCCC[N+](CCCC)(CCCC)CCCC.CCC[N+](CCC)(CCC)CCC.O=C([O-])c1ccccc1.O=C([O-])c1ccccc1. The molecule has 0 spiro atoms. The highest BCUT2D eigenvalue weighted by Gasteiger charge is 2.25. The molecule has 0 amide bonds. The maximum Gasteiger partial charge on any atom is 0.0786 e. The third-order valence-electron chi connectivity index (χ3n) is 8.75. The Balaban J connectivity index is 0. The topological polar surface area (TPSA) is 80.3 Å². The molecule has 0 N–H and O–H groups in total. The van der Waals surface area contributed by atoms with Gasteiger partial charge in [0.25, 0.3) is 0 Å². The summed E-state index contributed by atoms with van der Waals surface area (Å²) >= 11 is 0. The summed E-state index contributed by atoms with van der Waals surface area (Å²) < 4.78 is 2.80. The number of aromatic carboxylic acids is 2. The Labute approximate surface area is 296 Å². The summed E-state index contributed by atoms with van der Waals surface area (Å²) in [6, 6.07) is 16.1. The van der Waals surface area contributed by atoms with Crippen LogP contribution in [0.3, 0.4) is 0 Å². The van der Waals surface area contributed by atoms with Crippen LogP contribution in [0.5, 0.6) is 0 Å². The van der Waals surface area contributed by atoms with Gasteiger partial charge in [-0.3, -0.25) is 0 Å². The molecule has 6 heteroatoms. The molecule has 0 aliphatic heterocycles. The van der Waals surface area contributed by atoms with E-state index in [1.165, 1.54) is 163 Å². The molecule has 0 bridgehead atoms. The van der Waals surface area contributed by atoms with Crippen LogP contribution in [0.25, 0.3) is 0 Å². The standard InChI is InChI=1S/C16H36N.C12H28N.2C7H6O2/c1-5-9-13-17(14-10-6-2,15-11-7-3)16-12-8-4;1-5-9-13(10-6-2,11-7-3)12-8-4;2*8-7(9)6-4-2-1-3-5-6/h5-16H2,1-4H3;5-12H2,1-4H3;2*1-5H,(H,8,9)/q2*+1;;/p-2. The lowest BCUT2D eigenvalue weighted by Gasteiger charge is -2.39. The van der Waals surface area contributed by atoms with E-state index in [-0.39, 0.29) is 11.1 Å². The molecule has 2 aromatic rings. The number of quaternary nitrogens is 2. The molecular weight excluding hydrogens is 596 g/mol. The van der Waals surface area contributed by atoms with Gasteiger partial charge in [-0.05, 0) is 62.5 Å². The van der Waals surface area contributed by atoms with Crippen molar-refractivity contribution in [3.63, 3.8) is 0 Å². The van der Waals surface area contributed by atoms with Crippen LogP contribution in [0.1, 0.15) is 153 Å². The molecule has 0 saturated carbocycles. The summed E-state index contributed by atoms with van der Waals surface area (Å²) in [6.45, 7) is 29.8. The fourth-order valence-corrected chi connectivity index (χ4v) is 6.36. The number of nitrogens with zero attached hydrogens (tertiary/aromatic N) is 2. The minimum atomic E-state index is -1.13. The van der Waals surface area contributed by atoms with Crippen LogP contribution in [0, 0.1) is 0 Å². The zero-order valence-corrected chi connectivity index (χ0v) is 32.4. The molecule has 2 aromatic carbocycles. The zero-order valence-electron chi connectivity index (χ0n) is 32.4. The fraction of sp³-hybridized carbons (Fsp3) is 0.667. The smallest absolute Gasteiger partial charge is 0.0786 e. The van der Waals surface area contributed by atoms with Gasteiger partial charge in [0, 0.05) is 0 Å². The van der Waals surface area contributed by atoms with Crippen molar-refractivity contribution in [3.05, 3.63) is 71.8 Å². The number of carboxylic acids is 2. The van der Waals surface area contributed by atoms with E-state index in [9.17, 15) is 19.8 Å². The number of rotatable bonds is 22. The third-order valence-corrected chi connectivity index (χ3v) is 8.75. The molecule has 0 radical (unpaired) electrons. The summed E-state index contributed by atoms with van der Waals surface area (Å²) in [6.07, 6.45) is 16.4. The van der Waals surface area contributed by atoms with Crippen molar-refractivity contribution in [3.8, 4) is 0 Å². The summed E-state index contributed by atoms with van der Waals surface area (Å²) in [5.41, 5.74) is 0.440. The van der Waals surface area contributed by atoms with Crippen molar-refractivity contribution >= 4 is 11.9 Å². The van der Waals surface area contributed by atoms with Crippen LogP contribution in [-0.4, -0.2) is 73.3 Å². The van der Waals surface area contributed by atoms with Gasteiger partial charge in [0.15, 0.2) is 0 Å². The van der Waals surface area contributed by atoms with Gasteiger partial charge in [-0.1, -0.05) is 142 Å². The number of carbonyl (C=O) groups is 2. The van der Waals surface area contributed by atoms with Crippen molar-refractivity contribution in [2.45, 2.75) is 132 Å². The second-order valence-electron chi connectivity index (χ2n) is 13.2. The first-order chi connectivity index (χ1) is 23.1. The molecule has 2 rings (SSSR count). The lowest BCUT2D eigenvalue weighted by molar-refractivity contribution is -0.929. The van der Waals surface area contributed by atoms with E-state index in [0.717, 1.165) is 0 Å². The second-order valence-corrected chi connectivity index (χ2v) is 13.2. The maximum atomic E-state index is 10.1. The van der Waals surface area contributed by atoms with E-state index in [2.05, 4.69) is 55.4 Å². The Bertz CT molecular complexity index is 881. The van der Waals surface area contributed by atoms with E-state index in [0.29, 0.717) is 0 Å². The normalized spacial score (nSPS) is 10.8. The Hall–Kier alpha value is -2.70. The van der Waals surface area contributed by atoms with Gasteiger partial charge in [0.1, 0.15) is 0 Å². The molecule has 276 valence electrons. The van der Waals surface area contributed by atoms with Crippen LogP contribution in [0.2, 0.25) is 0 Å². The molecule has 0 saturated heterocycles. The van der Waals surface area contributed by atoms with Crippen LogP contribution in [-0.2, 0) is 0 Å². The number of carboxylic acid groups (broad SMARTS) is 2. The average molecular weight is 671 g/mol. The first-order valence-corrected chi connectivity index (χ1v) is 19.3. The molecule has 0 fully saturated rings. The predicted molar refractivity (Wildman–Crippen MR) is 202 cm³/mol. The molecule has 48 heavy (non-hydrogen) atoms. The first-order valence-electron chi connectivity index (χ1n) is 19.3. The number of benzene rings is 2. The highest BCUT2D eigenvalue weighted by atomic mass is 16.4. The summed E-state index contributed by atoms with van der Waals surface area (Å²) in [7, 11) is 0. The largest absolute Gasteiger partial charge is 0.545 e. The summed E-state index contributed by atoms with van der Waals surface area (Å²) in [5, 5.41) is 20.2. The van der Waals surface area contributed by atoms with Gasteiger partial charge in [-0.15, -0.1) is 0 Å². The van der Waals surface area contributed by atoms with Gasteiger partial charge < -0.3 is 28.8 Å². The van der Waals surface area contributed by atoms with Gasteiger partial charge in [-0.2, -0.15) is 0 Å². The van der Waals surface area contributed by atoms with Gasteiger partial charge in [-0.25, -0.2) is 0 Å². The van der Waals surface area contributed by atoms with E-state index in [4.69, 9.17) is 0 Å². The zero-order chi connectivity index (χ0) is 36.5. The molecule has 0 atom stereocenters. The molecule has 0 aliphatic carbocycles. The van der Waals surface area contributed by atoms with Crippen LogP contribution in [0.4, 0.5) is 0 Å². The quantitative estimate of drug-likeness (QED) is 0.118. The first kappa shape index (κ1) is 47.4. The Kier molecular flexibility index (Phi) is 31.2. The van der Waals surface area contributed by atoms with Crippen LogP contribution < -0.4 is 10.2 Å². The third kappa shape index (κ3) is 23.6. The minimum absolute atomic E-state index is 0.220. The number of unbranched alkanes of at least 4 members (excludes halogenated alkanes) is 4. The van der Waals surface area contributed by atoms with E-state index >= 15 is 0 Å². The Morgan fingerprint density at radius 1 is 0.396 bits per heavy atom. The van der Waals surface area contributed by atoms with E-state index in [1.54, 1.807) is 36.4 Å². The fourth-order valence-electron chi connectivity index (χ4n) is 6.36. The summed E-state index contributed by atoms with van der Waals surface area (Å²) in [5.74, 6) is -2.26. The molecule has 6 nitrogen and oxygen atoms in total. The Morgan fingerprint density at radius 2 is 0.625 bits per heavy atom. The van der Waals surface area contributed by atoms with Gasteiger partial charge >= 0.3 is 0 Å².